The SMILES string of the molecule is CCOCCC1CCCC1(NC1CC1)C(=O)OC. The van der Waals surface area contributed by atoms with Crippen LogP contribution in [0.2, 0.25) is 0 Å². The molecule has 104 valence electrons. The van der Waals surface area contributed by atoms with Crippen LogP contribution in [-0.4, -0.2) is 37.9 Å². The van der Waals surface area contributed by atoms with Gasteiger partial charge in [0.2, 0.25) is 0 Å². The minimum Gasteiger partial charge on any atom is -0.468 e. The van der Waals surface area contributed by atoms with E-state index in [1.165, 1.54) is 20.0 Å². The molecular formula is C14H25NO3. The van der Waals surface area contributed by atoms with E-state index in [0.29, 0.717) is 12.0 Å². The van der Waals surface area contributed by atoms with E-state index in [1.807, 2.05) is 6.92 Å². The standard InChI is InChI=1S/C14H25NO3/c1-3-18-10-8-11-5-4-9-14(11,13(16)17-2)15-12-6-7-12/h11-12,15H,3-10H2,1-2H3. The normalized spacial score (nSPS) is 31.6. The quantitative estimate of drug-likeness (QED) is 0.557. The largest absolute Gasteiger partial charge is 0.468 e. The first-order valence-corrected chi connectivity index (χ1v) is 7.16. The van der Waals surface area contributed by atoms with Crippen molar-refractivity contribution in [2.45, 2.75) is 57.0 Å². The van der Waals surface area contributed by atoms with Gasteiger partial charge in [0.1, 0.15) is 5.54 Å². The van der Waals surface area contributed by atoms with Crippen molar-refractivity contribution >= 4 is 5.97 Å². The smallest absolute Gasteiger partial charge is 0.326 e. The van der Waals surface area contributed by atoms with Crippen molar-refractivity contribution in [3.63, 3.8) is 0 Å². The molecule has 0 spiro atoms. The summed E-state index contributed by atoms with van der Waals surface area (Å²) in [6, 6.07) is 0.525. The summed E-state index contributed by atoms with van der Waals surface area (Å²) in [7, 11) is 1.50. The van der Waals surface area contributed by atoms with Gasteiger partial charge in [0.25, 0.3) is 0 Å². The minimum atomic E-state index is -0.437. The van der Waals surface area contributed by atoms with E-state index in [2.05, 4.69) is 5.32 Å². The molecule has 0 aromatic heterocycles. The molecule has 0 aromatic carbocycles. The average molecular weight is 255 g/mol. The zero-order valence-electron chi connectivity index (χ0n) is 11.5. The molecule has 0 radical (unpaired) electrons. The van der Waals surface area contributed by atoms with Gasteiger partial charge >= 0.3 is 5.97 Å². The van der Waals surface area contributed by atoms with Gasteiger partial charge in [-0.1, -0.05) is 6.42 Å². The zero-order valence-corrected chi connectivity index (χ0v) is 11.5. The molecule has 2 rings (SSSR count). The fourth-order valence-electron chi connectivity index (χ4n) is 3.13. The number of carbonyl (C=O) groups is 1. The highest BCUT2D eigenvalue weighted by atomic mass is 16.5. The molecule has 2 unspecified atom stereocenters. The van der Waals surface area contributed by atoms with Crippen molar-refractivity contribution in [1.82, 2.24) is 5.32 Å². The lowest BCUT2D eigenvalue weighted by molar-refractivity contribution is -0.150. The molecule has 0 amide bonds. The molecule has 1 N–H and O–H groups in total. The van der Waals surface area contributed by atoms with E-state index < -0.39 is 5.54 Å². The van der Waals surface area contributed by atoms with Gasteiger partial charge in [0.05, 0.1) is 7.11 Å². The van der Waals surface area contributed by atoms with Crippen LogP contribution in [0.25, 0.3) is 0 Å². The van der Waals surface area contributed by atoms with Crippen molar-refractivity contribution in [3.05, 3.63) is 0 Å². The van der Waals surface area contributed by atoms with Crippen molar-refractivity contribution in [3.8, 4) is 0 Å². The van der Waals surface area contributed by atoms with Crippen molar-refractivity contribution in [2.75, 3.05) is 20.3 Å². The highest BCUT2D eigenvalue weighted by molar-refractivity contribution is 5.81. The van der Waals surface area contributed by atoms with E-state index in [-0.39, 0.29) is 5.97 Å². The topological polar surface area (TPSA) is 47.6 Å². The lowest BCUT2D eigenvalue weighted by Gasteiger charge is -2.34. The van der Waals surface area contributed by atoms with Crippen molar-refractivity contribution in [2.24, 2.45) is 5.92 Å². The van der Waals surface area contributed by atoms with Crippen LogP contribution in [0.5, 0.6) is 0 Å². The number of methoxy groups -OCH3 is 1. The van der Waals surface area contributed by atoms with Gasteiger partial charge in [-0.15, -0.1) is 0 Å². The van der Waals surface area contributed by atoms with Crippen molar-refractivity contribution < 1.29 is 14.3 Å². The summed E-state index contributed by atoms with van der Waals surface area (Å²) in [5.74, 6) is 0.283. The number of ether oxygens (including phenoxy) is 2. The minimum absolute atomic E-state index is 0.0756. The van der Waals surface area contributed by atoms with E-state index in [0.717, 1.165) is 38.9 Å². The predicted octanol–water partition coefficient (Wildman–Crippen LogP) is 1.88. The van der Waals surface area contributed by atoms with Gasteiger partial charge in [-0.2, -0.15) is 0 Å². The number of hydrogen-bond acceptors (Lipinski definition) is 4. The highest BCUT2D eigenvalue weighted by Gasteiger charge is 2.51. The second-order valence-corrected chi connectivity index (χ2v) is 5.46. The molecule has 0 aromatic rings. The van der Waals surface area contributed by atoms with Gasteiger partial charge in [0.15, 0.2) is 0 Å². The van der Waals surface area contributed by atoms with Gasteiger partial charge < -0.3 is 9.47 Å². The zero-order chi connectivity index (χ0) is 13.0. The summed E-state index contributed by atoms with van der Waals surface area (Å²) < 4.78 is 10.5. The summed E-state index contributed by atoms with van der Waals surface area (Å²) in [6.45, 7) is 3.49. The Morgan fingerprint density at radius 2 is 2.17 bits per heavy atom. The van der Waals surface area contributed by atoms with Crippen molar-refractivity contribution in [1.29, 1.82) is 0 Å². The lowest BCUT2D eigenvalue weighted by Crippen LogP contribution is -2.56. The fraction of sp³-hybridized carbons (Fsp3) is 0.929. The maximum atomic E-state index is 12.2. The summed E-state index contributed by atoms with van der Waals surface area (Å²) in [5.41, 5.74) is -0.437. The summed E-state index contributed by atoms with van der Waals surface area (Å²) in [4.78, 5) is 12.2. The Balaban J connectivity index is 2.02. The summed E-state index contributed by atoms with van der Waals surface area (Å²) in [6.07, 6.45) is 6.44. The molecule has 0 aliphatic heterocycles. The third kappa shape index (κ3) is 2.86. The molecule has 2 aliphatic carbocycles. The van der Waals surface area contributed by atoms with E-state index in [9.17, 15) is 4.79 Å². The Hall–Kier alpha value is -0.610. The van der Waals surface area contributed by atoms with E-state index in [4.69, 9.17) is 9.47 Å². The monoisotopic (exact) mass is 255 g/mol. The van der Waals surface area contributed by atoms with Gasteiger partial charge in [0, 0.05) is 19.3 Å². The number of hydrogen-bond donors (Lipinski definition) is 1. The first-order chi connectivity index (χ1) is 8.73. The lowest BCUT2D eigenvalue weighted by atomic mass is 9.84. The van der Waals surface area contributed by atoms with Crippen LogP contribution in [0.3, 0.4) is 0 Å². The molecule has 4 heteroatoms. The average Bonchev–Trinajstić information content (AvgIpc) is 3.10. The van der Waals surface area contributed by atoms with Crippen LogP contribution in [-0.2, 0) is 14.3 Å². The summed E-state index contributed by atoms with van der Waals surface area (Å²) in [5, 5.41) is 3.56. The molecule has 0 heterocycles. The molecular weight excluding hydrogens is 230 g/mol. The maximum Gasteiger partial charge on any atom is 0.326 e. The first kappa shape index (κ1) is 13.8. The predicted molar refractivity (Wildman–Crippen MR) is 69.4 cm³/mol. The van der Waals surface area contributed by atoms with Crippen LogP contribution >= 0.6 is 0 Å². The number of carbonyl (C=O) groups excluding carboxylic acids is 1. The second kappa shape index (κ2) is 6.02. The molecule has 0 saturated heterocycles. The van der Waals surface area contributed by atoms with E-state index >= 15 is 0 Å². The molecule has 4 nitrogen and oxygen atoms in total. The maximum absolute atomic E-state index is 12.2. The third-order valence-electron chi connectivity index (χ3n) is 4.22. The Morgan fingerprint density at radius 3 is 2.78 bits per heavy atom. The van der Waals surface area contributed by atoms with Crippen LogP contribution in [0.15, 0.2) is 0 Å². The summed E-state index contributed by atoms with van der Waals surface area (Å²) >= 11 is 0. The Labute approximate surface area is 109 Å². The number of esters is 1. The number of rotatable bonds is 7. The molecule has 2 aliphatic rings. The van der Waals surface area contributed by atoms with Crippen LogP contribution < -0.4 is 5.32 Å². The van der Waals surface area contributed by atoms with Gasteiger partial charge in [-0.3, -0.25) is 10.1 Å². The molecule has 2 fully saturated rings. The number of nitrogens with one attached hydrogen (secondary N) is 1. The first-order valence-electron chi connectivity index (χ1n) is 7.16. The van der Waals surface area contributed by atoms with Crippen LogP contribution in [0.1, 0.15) is 45.4 Å². The second-order valence-electron chi connectivity index (χ2n) is 5.46. The fourth-order valence-corrected chi connectivity index (χ4v) is 3.13. The van der Waals surface area contributed by atoms with Gasteiger partial charge in [-0.25, -0.2) is 0 Å². The molecule has 18 heavy (non-hydrogen) atoms. The molecule has 0 bridgehead atoms. The Kier molecular flexibility index (Phi) is 4.62. The van der Waals surface area contributed by atoms with Crippen LogP contribution in [0.4, 0.5) is 0 Å². The third-order valence-corrected chi connectivity index (χ3v) is 4.22. The Bertz CT molecular complexity index is 291. The molecule has 2 saturated carbocycles. The molecule has 2 atom stereocenters. The van der Waals surface area contributed by atoms with Crippen LogP contribution in [0, 0.1) is 5.92 Å². The van der Waals surface area contributed by atoms with Gasteiger partial charge in [-0.05, 0) is 44.9 Å². The van der Waals surface area contributed by atoms with E-state index in [1.54, 1.807) is 0 Å². The Morgan fingerprint density at radius 1 is 1.39 bits per heavy atom. The highest BCUT2D eigenvalue weighted by Crippen LogP contribution is 2.41.